The molecule has 0 saturated carbocycles. The van der Waals surface area contributed by atoms with E-state index in [4.69, 9.17) is 19.6 Å². The molecule has 1 fully saturated rings. The molecular weight excluding hydrogens is 402 g/mol. The molecule has 4 nitrogen and oxygen atoms in total. The second-order valence-corrected chi connectivity index (χ2v) is 16.6. The summed E-state index contributed by atoms with van der Waals surface area (Å²) in [6.45, 7) is 21.1. The van der Waals surface area contributed by atoms with Crippen molar-refractivity contribution in [2.75, 3.05) is 6.61 Å². The lowest BCUT2D eigenvalue weighted by atomic mass is 9.85. The van der Waals surface area contributed by atoms with E-state index < -0.39 is 8.32 Å². The molecule has 0 unspecified atom stereocenters. The van der Waals surface area contributed by atoms with Crippen molar-refractivity contribution in [2.24, 2.45) is 17.6 Å². The molecule has 31 heavy (non-hydrogen) atoms. The zero-order valence-electron chi connectivity index (χ0n) is 22.3. The summed E-state index contributed by atoms with van der Waals surface area (Å²) in [5.74, 6) is 0.856. The van der Waals surface area contributed by atoms with Crippen LogP contribution < -0.4 is 5.73 Å². The fourth-order valence-electron chi connectivity index (χ4n) is 4.13. The zero-order valence-corrected chi connectivity index (χ0v) is 23.3. The standard InChI is InChI=1S/C26H55NO3Si/c1-10-11-12-13-14-15-16-17-18-28-24-21(4)22(19-20(2)3)29-25(23(24)27)30-31(8,9)26(5,6)7/h20-25H,10-19,27H2,1-9H3/t21-,22-,23-,24+,25+/m1/s1. The van der Waals surface area contributed by atoms with Crippen LogP contribution in [0.1, 0.15) is 106 Å². The van der Waals surface area contributed by atoms with Gasteiger partial charge in [-0.05, 0) is 36.9 Å². The van der Waals surface area contributed by atoms with E-state index in [0.29, 0.717) is 5.92 Å². The third-order valence-corrected chi connectivity index (χ3v) is 11.8. The molecule has 0 bridgehead atoms. The van der Waals surface area contributed by atoms with Crippen LogP contribution in [0.2, 0.25) is 18.1 Å². The quantitative estimate of drug-likeness (QED) is 0.220. The Bertz CT molecular complexity index is 478. The predicted molar refractivity (Wildman–Crippen MR) is 136 cm³/mol. The monoisotopic (exact) mass is 457 g/mol. The number of rotatable bonds is 14. The van der Waals surface area contributed by atoms with E-state index in [0.717, 1.165) is 19.4 Å². The normalized spacial score (nSPS) is 27.8. The highest BCUT2D eigenvalue weighted by Crippen LogP contribution is 2.40. The van der Waals surface area contributed by atoms with Gasteiger partial charge < -0.3 is 19.6 Å². The van der Waals surface area contributed by atoms with Gasteiger partial charge in [-0.25, -0.2) is 0 Å². The third-order valence-electron chi connectivity index (χ3n) is 7.34. The van der Waals surface area contributed by atoms with Crippen molar-refractivity contribution in [1.82, 2.24) is 0 Å². The molecule has 0 aromatic rings. The smallest absolute Gasteiger partial charge is 0.195 e. The SMILES string of the molecule is CCCCCCCCCCO[C@H]1[C@H](C)[C@@H](CC(C)C)O[C@@H](O[Si](C)(C)C(C)(C)C)[C@@H]1N. The molecular formula is C26H55NO3Si. The molecule has 1 saturated heterocycles. The van der Waals surface area contributed by atoms with Crippen molar-refractivity contribution >= 4 is 8.32 Å². The Hall–Kier alpha value is 0.0569. The maximum absolute atomic E-state index is 6.71. The first kappa shape index (κ1) is 29.1. The molecule has 186 valence electrons. The van der Waals surface area contributed by atoms with E-state index in [1.54, 1.807) is 0 Å². The van der Waals surface area contributed by atoms with Crippen LogP contribution in [0.5, 0.6) is 0 Å². The fourth-order valence-corrected chi connectivity index (χ4v) is 5.28. The highest BCUT2D eigenvalue weighted by atomic mass is 28.4. The van der Waals surface area contributed by atoms with Gasteiger partial charge in [-0.15, -0.1) is 0 Å². The lowest BCUT2D eigenvalue weighted by molar-refractivity contribution is -0.227. The number of nitrogens with two attached hydrogens (primary N) is 1. The molecule has 0 aromatic carbocycles. The van der Waals surface area contributed by atoms with Crippen LogP contribution in [-0.4, -0.2) is 39.5 Å². The van der Waals surface area contributed by atoms with Gasteiger partial charge in [0.15, 0.2) is 14.6 Å². The molecule has 1 rings (SSSR count). The Labute approximate surface area is 195 Å². The first-order chi connectivity index (χ1) is 14.4. The third kappa shape index (κ3) is 9.83. The summed E-state index contributed by atoms with van der Waals surface area (Å²) in [4.78, 5) is 0. The van der Waals surface area contributed by atoms with Gasteiger partial charge in [0, 0.05) is 12.5 Å². The van der Waals surface area contributed by atoms with Gasteiger partial charge in [-0.3, -0.25) is 0 Å². The van der Waals surface area contributed by atoms with Gasteiger partial charge in [0.1, 0.15) is 0 Å². The predicted octanol–water partition coefficient (Wildman–Crippen LogP) is 7.27. The maximum atomic E-state index is 6.71. The van der Waals surface area contributed by atoms with Gasteiger partial charge in [0.25, 0.3) is 0 Å². The van der Waals surface area contributed by atoms with E-state index in [2.05, 4.69) is 61.6 Å². The Morgan fingerprint density at radius 1 is 0.968 bits per heavy atom. The molecule has 0 aliphatic carbocycles. The molecule has 5 atom stereocenters. The van der Waals surface area contributed by atoms with Crippen LogP contribution in [0, 0.1) is 11.8 Å². The largest absolute Gasteiger partial charge is 0.391 e. The Kier molecular flexibility index (Phi) is 12.8. The summed E-state index contributed by atoms with van der Waals surface area (Å²) < 4.78 is 19.6. The first-order valence-electron chi connectivity index (χ1n) is 13.1. The Morgan fingerprint density at radius 3 is 2.03 bits per heavy atom. The second kappa shape index (κ2) is 13.7. The van der Waals surface area contributed by atoms with E-state index in [1.165, 1.54) is 44.9 Å². The van der Waals surface area contributed by atoms with Gasteiger partial charge in [-0.2, -0.15) is 0 Å². The zero-order chi connectivity index (χ0) is 23.7. The minimum absolute atomic E-state index is 0.00294. The van der Waals surface area contributed by atoms with Crippen LogP contribution >= 0.6 is 0 Å². The number of ether oxygens (including phenoxy) is 2. The van der Waals surface area contributed by atoms with Gasteiger partial charge in [0.05, 0.1) is 18.2 Å². The van der Waals surface area contributed by atoms with Gasteiger partial charge in [-0.1, -0.05) is 93.4 Å². The average molecular weight is 458 g/mol. The van der Waals surface area contributed by atoms with Crippen LogP contribution in [0.15, 0.2) is 0 Å². The van der Waals surface area contributed by atoms with Gasteiger partial charge in [0.2, 0.25) is 0 Å². The topological polar surface area (TPSA) is 53.7 Å². The van der Waals surface area contributed by atoms with Gasteiger partial charge >= 0.3 is 0 Å². The molecule has 5 heteroatoms. The lowest BCUT2D eigenvalue weighted by Gasteiger charge is -2.48. The van der Waals surface area contributed by atoms with E-state index in [9.17, 15) is 0 Å². The number of hydrogen-bond donors (Lipinski definition) is 1. The highest BCUT2D eigenvalue weighted by molar-refractivity contribution is 6.74. The molecule has 1 heterocycles. The second-order valence-electron chi connectivity index (χ2n) is 11.8. The van der Waals surface area contributed by atoms with Crippen LogP contribution in [-0.2, 0) is 13.9 Å². The molecule has 0 aromatic heterocycles. The minimum atomic E-state index is -1.98. The summed E-state index contributed by atoms with van der Waals surface area (Å²) >= 11 is 0. The molecule has 1 aliphatic rings. The van der Waals surface area contributed by atoms with Crippen molar-refractivity contribution in [2.45, 2.75) is 149 Å². The molecule has 0 radical (unpaired) electrons. The van der Waals surface area contributed by atoms with Crippen molar-refractivity contribution in [3.63, 3.8) is 0 Å². The summed E-state index contributed by atoms with van der Waals surface area (Å²) in [6.07, 6.45) is 11.3. The van der Waals surface area contributed by atoms with E-state index in [-0.39, 0.29) is 35.5 Å². The fraction of sp³-hybridized carbons (Fsp3) is 1.00. The first-order valence-corrected chi connectivity index (χ1v) is 16.0. The summed E-state index contributed by atoms with van der Waals surface area (Å²) in [5, 5.41) is 0.125. The minimum Gasteiger partial charge on any atom is -0.391 e. The van der Waals surface area contributed by atoms with Crippen LogP contribution in [0.3, 0.4) is 0 Å². The van der Waals surface area contributed by atoms with Crippen LogP contribution in [0.25, 0.3) is 0 Å². The summed E-state index contributed by atoms with van der Waals surface area (Å²) in [6, 6.07) is -0.235. The van der Waals surface area contributed by atoms with Crippen LogP contribution in [0.4, 0.5) is 0 Å². The van der Waals surface area contributed by atoms with Crippen molar-refractivity contribution < 1.29 is 13.9 Å². The number of hydrogen-bond acceptors (Lipinski definition) is 4. The highest BCUT2D eigenvalue weighted by Gasteiger charge is 2.47. The molecule has 0 amide bonds. The summed E-state index contributed by atoms with van der Waals surface area (Å²) in [5.41, 5.74) is 6.71. The average Bonchev–Trinajstić information content (AvgIpc) is 2.65. The van der Waals surface area contributed by atoms with E-state index in [1.807, 2.05) is 0 Å². The molecule has 1 aliphatic heterocycles. The maximum Gasteiger partial charge on any atom is 0.195 e. The molecule has 2 N–H and O–H groups in total. The number of unbranched alkanes of at least 4 members (excludes halogenated alkanes) is 7. The summed E-state index contributed by atoms with van der Waals surface area (Å²) in [7, 11) is -1.98. The van der Waals surface area contributed by atoms with Crippen molar-refractivity contribution in [1.29, 1.82) is 0 Å². The Morgan fingerprint density at radius 2 is 1.52 bits per heavy atom. The Balaban J connectivity index is 2.64. The lowest BCUT2D eigenvalue weighted by Crippen LogP contribution is -2.62. The van der Waals surface area contributed by atoms with Crippen molar-refractivity contribution in [3.05, 3.63) is 0 Å². The van der Waals surface area contributed by atoms with Crippen molar-refractivity contribution in [3.8, 4) is 0 Å². The molecule has 0 spiro atoms. The van der Waals surface area contributed by atoms with E-state index >= 15 is 0 Å².